The number of amides is 2. The van der Waals surface area contributed by atoms with E-state index in [9.17, 15) is 19.2 Å². The standard InChI is InChI=1S/C15H26N2O8/c1-10(12(18)19)8-24-14(22)16-6-4-3-5-7-17-15(23)25-9-11(2)13(20)21/h10-11H,3-9H2,1-2H3,(H,16,22)(H,17,23)(H,18,19)(H,20,21). The van der Waals surface area contributed by atoms with Crippen molar-refractivity contribution in [3.05, 3.63) is 0 Å². The average Bonchev–Trinajstić information content (AvgIpc) is 2.56. The Bertz CT molecular complexity index is 415. The molecular weight excluding hydrogens is 336 g/mol. The molecule has 2 unspecified atom stereocenters. The van der Waals surface area contributed by atoms with Gasteiger partial charge in [0.25, 0.3) is 0 Å². The molecular formula is C15H26N2O8. The number of hydrogen-bond acceptors (Lipinski definition) is 6. The van der Waals surface area contributed by atoms with Crippen molar-refractivity contribution in [2.75, 3.05) is 26.3 Å². The van der Waals surface area contributed by atoms with Crippen molar-refractivity contribution in [2.45, 2.75) is 33.1 Å². The van der Waals surface area contributed by atoms with Crippen molar-refractivity contribution < 1.29 is 38.9 Å². The molecule has 0 aliphatic rings. The average molecular weight is 362 g/mol. The second kappa shape index (κ2) is 12.8. The molecule has 2 amide bonds. The minimum atomic E-state index is -1.03. The number of alkyl carbamates (subject to hydrolysis) is 2. The number of carbonyl (C=O) groups is 4. The van der Waals surface area contributed by atoms with Gasteiger partial charge in [-0.25, -0.2) is 9.59 Å². The Morgan fingerprint density at radius 2 is 1.12 bits per heavy atom. The third kappa shape index (κ3) is 12.6. The first kappa shape index (κ1) is 22.5. The first-order valence-corrected chi connectivity index (χ1v) is 8.00. The fraction of sp³-hybridized carbons (Fsp3) is 0.733. The largest absolute Gasteiger partial charge is 0.481 e. The van der Waals surface area contributed by atoms with Crippen molar-refractivity contribution in [3.63, 3.8) is 0 Å². The van der Waals surface area contributed by atoms with E-state index in [1.165, 1.54) is 13.8 Å². The maximum Gasteiger partial charge on any atom is 0.407 e. The number of hydrogen-bond donors (Lipinski definition) is 4. The number of nitrogens with one attached hydrogen (secondary N) is 2. The summed E-state index contributed by atoms with van der Waals surface area (Å²) >= 11 is 0. The molecule has 0 heterocycles. The summed E-state index contributed by atoms with van der Waals surface area (Å²) in [7, 11) is 0. The van der Waals surface area contributed by atoms with Gasteiger partial charge in [-0.1, -0.05) is 0 Å². The summed E-state index contributed by atoms with van der Waals surface area (Å²) in [5, 5.41) is 22.3. The molecule has 0 aliphatic heterocycles. The lowest BCUT2D eigenvalue weighted by molar-refractivity contribution is -0.143. The van der Waals surface area contributed by atoms with Crippen LogP contribution in [0.5, 0.6) is 0 Å². The van der Waals surface area contributed by atoms with Crippen molar-refractivity contribution in [1.82, 2.24) is 10.6 Å². The fourth-order valence-electron chi connectivity index (χ4n) is 1.45. The lowest BCUT2D eigenvalue weighted by atomic mass is 10.2. The van der Waals surface area contributed by atoms with E-state index in [4.69, 9.17) is 19.7 Å². The predicted molar refractivity (Wildman–Crippen MR) is 86.2 cm³/mol. The van der Waals surface area contributed by atoms with E-state index >= 15 is 0 Å². The second-order valence-corrected chi connectivity index (χ2v) is 5.59. The Morgan fingerprint density at radius 1 is 0.760 bits per heavy atom. The summed E-state index contributed by atoms with van der Waals surface area (Å²) in [5.41, 5.74) is 0. The lowest BCUT2D eigenvalue weighted by Crippen LogP contribution is -2.29. The van der Waals surface area contributed by atoms with E-state index in [0.717, 1.165) is 6.42 Å². The smallest absolute Gasteiger partial charge is 0.407 e. The number of carbonyl (C=O) groups excluding carboxylic acids is 2. The number of unbranched alkanes of at least 4 members (excludes halogenated alkanes) is 2. The predicted octanol–water partition coefficient (Wildman–Crippen LogP) is 1.05. The number of ether oxygens (including phenoxy) is 2. The minimum absolute atomic E-state index is 0.187. The SMILES string of the molecule is CC(COC(=O)NCCCCCNC(=O)OCC(C)C(=O)O)C(=O)O. The molecule has 25 heavy (non-hydrogen) atoms. The highest BCUT2D eigenvalue weighted by atomic mass is 16.6. The summed E-state index contributed by atoms with van der Waals surface area (Å²) < 4.78 is 9.48. The van der Waals surface area contributed by atoms with Crippen LogP contribution in [0, 0.1) is 11.8 Å². The minimum Gasteiger partial charge on any atom is -0.481 e. The number of aliphatic carboxylic acids is 2. The summed E-state index contributed by atoms with van der Waals surface area (Å²) in [5.74, 6) is -3.57. The number of rotatable bonds is 12. The van der Waals surface area contributed by atoms with Gasteiger partial charge in [0.1, 0.15) is 13.2 Å². The van der Waals surface area contributed by atoms with Crippen LogP contribution < -0.4 is 10.6 Å². The van der Waals surface area contributed by atoms with Gasteiger partial charge < -0.3 is 30.3 Å². The van der Waals surface area contributed by atoms with Crippen molar-refractivity contribution in [2.24, 2.45) is 11.8 Å². The van der Waals surface area contributed by atoms with Gasteiger partial charge in [0.15, 0.2) is 0 Å². The van der Waals surface area contributed by atoms with Crippen LogP contribution in [0.25, 0.3) is 0 Å². The molecule has 2 atom stereocenters. The molecule has 0 saturated carbocycles. The molecule has 144 valence electrons. The van der Waals surface area contributed by atoms with Crippen molar-refractivity contribution in [1.29, 1.82) is 0 Å². The third-order valence-corrected chi connectivity index (χ3v) is 3.16. The van der Waals surface area contributed by atoms with Crippen molar-refractivity contribution >= 4 is 24.1 Å². The van der Waals surface area contributed by atoms with Crippen LogP contribution in [0.1, 0.15) is 33.1 Å². The van der Waals surface area contributed by atoms with E-state index in [2.05, 4.69) is 10.6 Å². The molecule has 0 aliphatic carbocycles. The normalized spacial score (nSPS) is 12.6. The zero-order valence-corrected chi connectivity index (χ0v) is 14.4. The molecule has 0 rings (SSSR count). The Balaban J connectivity index is 3.52. The molecule has 0 aromatic rings. The van der Waals surface area contributed by atoms with E-state index in [1.807, 2.05) is 0 Å². The van der Waals surface area contributed by atoms with Gasteiger partial charge in [0.05, 0.1) is 11.8 Å². The third-order valence-electron chi connectivity index (χ3n) is 3.16. The van der Waals surface area contributed by atoms with Gasteiger partial charge in [0, 0.05) is 13.1 Å². The number of carboxylic acids is 2. The molecule has 0 fully saturated rings. The molecule has 4 N–H and O–H groups in total. The highest BCUT2D eigenvalue weighted by molar-refractivity contribution is 5.71. The Labute approximate surface area is 145 Å². The summed E-state index contributed by atoms with van der Waals surface area (Å²) in [6.45, 7) is 3.26. The quantitative estimate of drug-likeness (QED) is 0.376. The molecule has 0 radical (unpaired) electrons. The van der Waals surface area contributed by atoms with Gasteiger partial charge in [-0.2, -0.15) is 0 Å². The Kier molecular flexibility index (Phi) is 11.6. The molecule has 10 nitrogen and oxygen atoms in total. The summed E-state index contributed by atoms with van der Waals surface area (Å²) in [6.07, 6.45) is 0.731. The van der Waals surface area contributed by atoms with Crippen LogP contribution in [0.2, 0.25) is 0 Å². The van der Waals surface area contributed by atoms with Gasteiger partial charge >= 0.3 is 24.1 Å². The van der Waals surface area contributed by atoms with Crippen LogP contribution in [0.3, 0.4) is 0 Å². The van der Waals surface area contributed by atoms with Gasteiger partial charge in [-0.05, 0) is 33.1 Å². The first-order valence-electron chi connectivity index (χ1n) is 8.00. The van der Waals surface area contributed by atoms with E-state index in [0.29, 0.717) is 25.9 Å². The molecule has 0 aromatic heterocycles. The lowest BCUT2D eigenvalue weighted by Gasteiger charge is -2.10. The van der Waals surface area contributed by atoms with Crippen LogP contribution in [-0.2, 0) is 19.1 Å². The van der Waals surface area contributed by atoms with E-state index in [-0.39, 0.29) is 13.2 Å². The Hall–Kier alpha value is -2.52. The van der Waals surface area contributed by atoms with Crippen LogP contribution in [-0.4, -0.2) is 60.6 Å². The zero-order chi connectivity index (χ0) is 19.2. The van der Waals surface area contributed by atoms with Gasteiger partial charge in [0.2, 0.25) is 0 Å². The van der Waals surface area contributed by atoms with Crippen molar-refractivity contribution in [3.8, 4) is 0 Å². The molecule has 0 aromatic carbocycles. The molecule has 0 bridgehead atoms. The van der Waals surface area contributed by atoms with E-state index < -0.39 is 36.0 Å². The fourth-order valence-corrected chi connectivity index (χ4v) is 1.45. The maximum atomic E-state index is 11.3. The highest BCUT2D eigenvalue weighted by Gasteiger charge is 2.14. The van der Waals surface area contributed by atoms with Crippen LogP contribution in [0.15, 0.2) is 0 Å². The van der Waals surface area contributed by atoms with Crippen LogP contribution in [0.4, 0.5) is 9.59 Å². The highest BCUT2D eigenvalue weighted by Crippen LogP contribution is 1.98. The molecule has 0 saturated heterocycles. The second-order valence-electron chi connectivity index (χ2n) is 5.59. The summed E-state index contributed by atoms with van der Waals surface area (Å²) in [6, 6.07) is 0. The first-order chi connectivity index (χ1) is 11.7. The molecule has 10 heteroatoms. The van der Waals surface area contributed by atoms with E-state index in [1.54, 1.807) is 0 Å². The van der Waals surface area contributed by atoms with Crippen LogP contribution >= 0.6 is 0 Å². The topological polar surface area (TPSA) is 151 Å². The monoisotopic (exact) mass is 362 g/mol. The zero-order valence-electron chi connectivity index (χ0n) is 14.4. The summed E-state index contributed by atoms with van der Waals surface area (Å²) in [4.78, 5) is 43.7. The van der Waals surface area contributed by atoms with Gasteiger partial charge in [-0.3, -0.25) is 9.59 Å². The van der Waals surface area contributed by atoms with Gasteiger partial charge in [-0.15, -0.1) is 0 Å². The number of carboxylic acid groups (broad SMARTS) is 2. The molecule has 0 spiro atoms. The Morgan fingerprint density at radius 3 is 1.44 bits per heavy atom. The maximum absolute atomic E-state index is 11.3.